The fourth-order valence-corrected chi connectivity index (χ4v) is 5.61. The number of hydrogen-bond acceptors (Lipinski definition) is 8. The highest BCUT2D eigenvalue weighted by Gasteiger charge is 2.24. The number of nitrogens with zero attached hydrogens (tertiary/aromatic N) is 3. The zero-order valence-electron chi connectivity index (χ0n) is 24.2. The van der Waals surface area contributed by atoms with Crippen molar-refractivity contribution in [3.05, 3.63) is 91.6 Å². The summed E-state index contributed by atoms with van der Waals surface area (Å²) in [6.07, 6.45) is 1.48. The van der Waals surface area contributed by atoms with Gasteiger partial charge in [-0.1, -0.05) is 47.5 Å². The number of nitrogens with one attached hydrogen (secondary N) is 2. The van der Waals surface area contributed by atoms with Gasteiger partial charge in [0.15, 0.2) is 0 Å². The van der Waals surface area contributed by atoms with Gasteiger partial charge < -0.3 is 25.2 Å². The van der Waals surface area contributed by atoms with Gasteiger partial charge in [0.2, 0.25) is 5.88 Å². The van der Waals surface area contributed by atoms with Gasteiger partial charge in [0.1, 0.15) is 11.4 Å². The first-order valence-electron chi connectivity index (χ1n) is 13.7. The molecule has 1 amide bonds. The fraction of sp³-hybridized carbons (Fsp3) is 0.290. The summed E-state index contributed by atoms with van der Waals surface area (Å²) in [5, 5.41) is 20.3. The fourth-order valence-electron chi connectivity index (χ4n) is 5.03. The Kier molecular flexibility index (Phi) is 9.62. The largest absolute Gasteiger partial charge is 0.481 e. The molecule has 0 spiro atoms. The van der Waals surface area contributed by atoms with Gasteiger partial charge in [-0.15, -0.1) is 0 Å². The summed E-state index contributed by atoms with van der Waals surface area (Å²) < 4.78 is 26.8. The van der Waals surface area contributed by atoms with E-state index in [2.05, 4.69) is 20.7 Å². The number of rotatable bonds is 8. The third kappa shape index (κ3) is 6.47. The number of halogens is 3. The Morgan fingerprint density at radius 1 is 1.18 bits per heavy atom. The number of benzene rings is 2. The van der Waals surface area contributed by atoms with Crippen molar-refractivity contribution in [3.63, 3.8) is 0 Å². The maximum absolute atomic E-state index is 14.9. The Bertz CT molecular complexity index is 1780. The number of methoxy groups -OCH3 is 1. The number of hydrogen-bond donors (Lipinski definition) is 3. The summed E-state index contributed by atoms with van der Waals surface area (Å²) in [5.74, 6) is -1.04. The smallest absolute Gasteiger partial charge is 0.279 e. The molecule has 1 aliphatic heterocycles. The lowest BCUT2D eigenvalue weighted by Crippen LogP contribution is -2.46. The van der Waals surface area contributed by atoms with Crippen molar-refractivity contribution in [1.82, 2.24) is 20.1 Å². The van der Waals surface area contributed by atoms with E-state index < -0.39 is 23.4 Å². The minimum atomic E-state index is -0.749. The van der Waals surface area contributed by atoms with Crippen molar-refractivity contribution >= 4 is 34.8 Å². The number of ether oxygens (including phenoxy) is 2. The first-order chi connectivity index (χ1) is 21.1. The van der Waals surface area contributed by atoms with Crippen LogP contribution in [0.3, 0.4) is 0 Å². The maximum atomic E-state index is 14.9. The lowest BCUT2D eigenvalue weighted by Gasteiger charge is -2.28. The Hall–Kier alpha value is -3.87. The van der Waals surface area contributed by atoms with Crippen LogP contribution in [0.25, 0.3) is 22.4 Å². The molecule has 2 aromatic heterocycles. The van der Waals surface area contributed by atoms with Crippen LogP contribution in [0.4, 0.5) is 10.1 Å². The molecule has 230 valence electrons. The van der Waals surface area contributed by atoms with Gasteiger partial charge >= 0.3 is 0 Å². The average Bonchev–Trinajstić information content (AvgIpc) is 3.00. The quantitative estimate of drug-likeness (QED) is 0.251. The molecule has 2 atom stereocenters. The molecule has 0 bridgehead atoms. The number of aliphatic hydroxyl groups excluding tert-OH is 1. The summed E-state index contributed by atoms with van der Waals surface area (Å²) in [4.78, 5) is 30.3. The SMILES string of the molecule is COc1nc(-c2cccc(-c3cc(F)cc(NC(=O)c4c(C)cnn(C)c4=O)c3Cl)c2Cl)ccc1CNC1CCOC[C@@H]1O. The summed E-state index contributed by atoms with van der Waals surface area (Å²) in [6.45, 7) is 2.86. The number of pyridine rings is 1. The summed E-state index contributed by atoms with van der Waals surface area (Å²) in [7, 11) is 2.94. The van der Waals surface area contributed by atoms with Crippen LogP contribution in [-0.2, 0) is 18.3 Å². The van der Waals surface area contributed by atoms with Crippen LogP contribution in [0.2, 0.25) is 10.0 Å². The number of anilines is 1. The number of carbonyl (C=O) groups is 1. The number of aliphatic hydroxyl groups is 1. The molecule has 4 aromatic rings. The van der Waals surface area contributed by atoms with E-state index in [0.29, 0.717) is 47.8 Å². The second kappa shape index (κ2) is 13.4. The molecule has 1 aliphatic rings. The van der Waals surface area contributed by atoms with Crippen LogP contribution in [0, 0.1) is 12.7 Å². The number of amides is 1. The zero-order valence-corrected chi connectivity index (χ0v) is 25.7. The van der Waals surface area contributed by atoms with E-state index in [0.717, 1.165) is 16.3 Å². The van der Waals surface area contributed by atoms with Crippen LogP contribution in [0.15, 0.2) is 53.5 Å². The number of carbonyl (C=O) groups excluding carboxylic acids is 1. The minimum Gasteiger partial charge on any atom is -0.481 e. The van der Waals surface area contributed by atoms with Crippen molar-refractivity contribution in [1.29, 1.82) is 0 Å². The van der Waals surface area contributed by atoms with Gasteiger partial charge in [-0.3, -0.25) is 9.59 Å². The molecule has 3 heterocycles. The second-order valence-corrected chi connectivity index (χ2v) is 11.1. The summed E-state index contributed by atoms with van der Waals surface area (Å²) in [5.41, 5.74) is 2.07. The average molecular weight is 643 g/mol. The Labute approximate surface area is 262 Å². The molecule has 0 aliphatic carbocycles. The molecule has 10 nitrogen and oxygen atoms in total. The third-order valence-electron chi connectivity index (χ3n) is 7.42. The summed E-state index contributed by atoms with van der Waals surface area (Å²) in [6, 6.07) is 11.0. The summed E-state index contributed by atoms with van der Waals surface area (Å²) >= 11 is 13.6. The predicted octanol–water partition coefficient (Wildman–Crippen LogP) is 4.76. The van der Waals surface area contributed by atoms with Gasteiger partial charge in [0, 0.05) is 48.5 Å². The maximum Gasteiger partial charge on any atom is 0.279 e. The Balaban J connectivity index is 1.45. The van der Waals surface area contributed by atoms with E-state index in [1.54, 1.807) is 31.2 Å². The molecular weight excluding hydrogens is 612 g/mol. The molecule has 0 radical (unpaired) electrons. The molecular formula is C31H30Cl2FN5O5. The molecule has 5 rings (SSSR count). The van der Waals surface area contributed by atoms with Crippen LogP contribution in [0.1, 0.15) is 27.9 Å². The highest BCUT2D eigenvalue weighted by molar-refractivity contribution is 6.39. The first kappa shape index (κ1) is 31.6. The molecule has 0 saturated carbocycles. The molecule has 3 N–H and O–H groups in total. The van der Waals surface area contributed by atoms with E-state index in [4.69, 9.17) is 32.7 Å². The topological polar surface area (TPSA) is 128 Å². The van der Waals surface area contributed by atoms with Crippen LogP contribution < -0.4 is 20.9 Å². The predicted molar refractivity (Wildman–Crippen MR) is 166 cm³/mol. The van der Waals surface area contributed by atoms with Crippen molar-refractivity contribution in [2.24, 2.45) is 7.05 Å². The van der Waals surface area contributed by atoms with Crippen molar-refractivity contribution in [2.75, 3.05) is 25.6 Å². The van der Waals surface area contributed by atoms with Gasteiger partial charge in [-0.05, 0) is 37.1 Å². The molecule has 13 heteroatoms. The van der Waals surface area contributed by atoms with Gasteiger partial charge in [0.25, 0.3) is 11.5 Å². The zero-order chi connectivity index (χ0) is 31.5. The van der Waals surface area contributed by atoms with E-state index in [1.807, 2.05) is 6.07 Å². The third-order valence-corrected chi connectivity index (χ3v) is 8.23. The van der Waals surface area contributed by atoms with Crippen LogP contribution in [0.5, 0.6) is 5.88 Å². The van der Waals surface area contributed by atoms with E-state index in [-0.39, 0.29) is 39.5 Å². The Morgan fingerprint density at radius 3 is 2.70 bits per heavy atom. The number of aromatic nitrogens is 3. The molecule has 1 fully saturated rings. The lowest BCUT2D eigenvalue weighted by molar-refractivity contribution is -0.0281. The van der Waals surface area contributed by atoms with Gasteiger partial charge in [-0.25, -0.2) is 14.1 Å². The van der Waals surface area contributed by atoms with E-state index >= 15 is 0 Å². The second-order valence-electron chi connectivity index (χ2n) is 10.4. The first-order valence-corrected chi connectivity index (χ1v) is 14.5. The molecule has 1 unspecified atom stereocenters. The Morgan fingerprint density at radius 2 is 1.95 bits per heavy atom. The van der Waals surface area contributed by atoms with E-state index in [9.17, 15) is 19.1 Å². The molecule has 1 saturated heterocycles. The monoisotopic (exact) mass is 641 g/mol. The van der Waals surface area contributed by atoms with Crippen molar-refractivity contribution in [3.8, 4) is 28.3 Å². The van der Waals surface area contributed by atoms with Gasteiger partial charge in [0.05, 0.1) is 47.4 Å². The van der Waals surface area contributed by atoms with E-state index in [1.165, 1.54) is 26.4 Å². The van der Waals surface area contributed by atoms with Crippen LogP contribution >= 0.6 is 23.2 Å². The standard InChI is InChI=1S/C31H30Cl2FN5O5/c1-16-13-36-39(2)31(42)26(16)29(41)37-24-12-18(34)11-21(28(24)33)19-5-4-6-20(27(19)32)22-8-7-17(30(38-22)43-3)14-35-23-9-10-44-15-25(23)40/h4-8,11-13,23,25,35,40H,9-10,14-15H2,1-3H3,(H,37,41)/t23?,25-/m0/s1. The van der Waals surface area contributed by atoms with Crippen molar-refractivity contribution in [2.45, 2.75) is 32.0 Å². The molecule has 2 aromatic carbocycles. The number of aryl methyl sites for hydroxylation is 2. The lowest BCUT2D eigenvalue weighted by atomic mass is 9.99. The van der Waals surface area contributed by atoms with Gasteiger partial charge in [-0.2, -0.15) is 5.10 Å². The molecule has 44 heavy (non-hydrogen) atoms. The normalized spacial score (nSPS) is 16.5. The highest BCUT2D eigenvalue weighted by Crippen LogP contribution is 2.42. The minimum absolute atomic E-state index is 0.0299. The van der Waals surface area contributed by atoms with Crippen LogP contribution in [-0.4, -0.2) is 58.2 Å². The highest BCUT2D eigenvalue weighted by atomic mass is 35.5. The van der Waals surface area contributed by atoms with Crippen molar-refractivity contribution < 1.29 is 23.8 Å².